The molecule has 0 radical (unpaired) electrons. The van der Waals surface area contributed by atoms with E-state index in [-0.39, 0.29) is 17.8 Å². The van der Waals surface area contributed by atoms with Crippen LogP contribution in [0.2, 0.25) is 0 Å². The molecule has 1 atom stereocenters. The summed E-state index contributed by atoms with van der Waals surface area (Å²) >= 11 is 1.37. The van der Waals surface area contributed by atoms with Gasteiger partial charge in [0.15, 0.2) is 5.16 Å². The third kappa shape index (κ3) is 4.05. The van der Waals surface area contributed by atoms with Crippen LogP contribution in [0.5, 0.6) is 0 Å². The van der Waals surface area contributed by atoms with Gasteiger partial charge in [0, 0.05) is 17.6 Å². The number of nitrogens with one attached hydrogen (secondary N) is 1. The number of benzene rings is 2. The molecule has 2 saturated carbocycles. The first-order valence-electron chi connectivity index (χ1n) is 9.92. The molecule has 0 spiro atoms. The summed E-state index contributed by atoms with van der Waals surface area (Å²) in [5.41, 5.74) is 1.74. The second-order valence-corrected chi connectivity index (χ2v) is 8.69. The molecule has 148 valence electrons. The Balaban J connectivity index is 1.51. The van der Waals surface area contributed by atoms with Gasteiger partial charge >= 0.3 is 0 Å². The van der Waals surface area contributed by atoms with Crippen LogP contribution in [-0.2, 0) is 4.79 Å². The highest BCUT2D eigenvalue weighted by Gasteiger charge is 2.34. The summed E-state index contributed by atoms with van der Waals surface area (Å²) in [6, 6.07) is 16.4. The highest BCUT2D eigenvalue weighted by atomic mass is 32.2. The maximum absolute atomic E-state index is 13.4. The van der Waals surface area contributed by atoms with Gasteiger partial charge in [0.05, 0.1) is 0 Å². The molecular formula is C22H21FN4OS. The van der Waals surface area contributed by atoms with Crippen LogP contribution in [0.4, 0.5) is 4.39 Å². The van der Waals surface area contributed by atoms with E-state index in [1.807, 2.05) is 30.3 Å². The van der Waals surface area contributed by atoms with Crippen LogP contribution in [0, 0.1) is 5.82 Å². The van der Waals surface area contributed by atoms with Gasteiger partial charge in [-0.2, -0.15) is 0 Å². The Labute approximate surface area is 172 Å². The summed E-state index contributed by atoms with van der Waals surface area (Å²) in [4.78, 5) is 13.0. The number of amides is 1. The fourth-order valence-electron chi connectivity index (χ4n) is 3.30. The lowest BCUT2D eigenvalue weighted by Crippen LogP contribution is -2.30. The first kappa shape index (κ1) is 18.4. The number of rotatable bonds is 7. The van der Waals surface area contributed by atoms with E-state index in [1.165, 1.54) is 23.9 Å². The minimum Gasteiger partial charge on any atom is -0.352 e. The first-order valence-corrected chi connectivity index (χ1v) is 10.8. The summed E-state index contributed by atoms with van der Waals surface area (Å²) in [7, 11) is 0. The maximum atomic E-state index is 13.4. The fraction of sp³-hybridized carbons (Fsp3) is 0.318. The van der Waals surface area contributed by atoms with Crippen LogP contribution in [-0.4, -0.2) is 26.7 Å². The van der Waals surface area contributed by atoms with Gasteiger partial charge in [0.25, 0.3) is 0 Å². The van der Waals surface area contributed by atoms with E-state index in [1.54, 1.807) is 12.1 Å². The van der Waals surface area contributed by atoms with E-state index in [0.717, 1.165) is 42.8 Å². The number of carbonyl (C=O) groups excluding carboxylic acids is 1. The molecule has 5 rings (SSSR count). The highest BCUT2D eigenvalue weighted by Crippen LogP contribution is 2.43. The molecular weight excluding hydrogens is 387 g/mol. The van der Waals surface area contributed by atoms with Crippen molar-refractivity contribution in [3.8, 4) is 5.69 Å². The SMILES string of the molecule is O=C(NC1CC1)C(Sc1nnc(C2CC2)n1-c1ccccc1)c1ccc(F)cc1. The number of hydrogen-bond acceptors (Lipinski definition) is 4. The number of hydrogen-bond donors (Lipinski definition) is 1. The molecule has 2 aromatic carbocycles. The van der Waals surface area contributed by atoms with Crippen molar-refractivity contribution >= 4 is 17.7 Å². The van der Waals surface area contributed by atoms with E-state index in [0.29, 0.717) is 11.1 Å². The molecule has 1 heterocycles. The van der Waals surface area contributed by atoms with Crippen LogP contribution in [0.3, 0.4) is 0 Å². The van der Waals surface area contributed by atoms with Gasteiger partial charge in [-0.25, -0.2) is 4.39 Å². The normalized spacial score (nSPS) is 17.1. The van der Waals surface area contributed by atoms with E-state index >= 15 is 0 Å². The minimum atomic E-state index is -0.519. The van der Waals surface area contributed by atoms with Gasteiger partial charge in [0.2, 0.25) is 5.91 Å². The standard InChI is InChI=1S/C22H21FN4OS/c23-16-10-8-14(9-11-16)19(21(28)24-17-12-13-17)29-22-26-25-20(15-6-7-15)27(22)18-4-2-1-3-5-18/h1-5,8-11,15,17,19H,6-7,12-13H2,(H,24,28). The average Bonchev–Trinajstić information content (AvgIpc) is 3.67. The number of nitrogens with zero attached hydrogens (tertiary/aromatic N) is 3. The first-order chi connectivity index (χ1) is 14.2. The largest absolute Gasteiger partial charge is 0.352 e. The smallest absolute Gasteiger partial charge is 0.238 e. The summed E-state index contributed by atoms with van der Waals surface area (Å²) in [6.45, 7) is 0. The molecule has 3 aromatic rings. The predicted octanol–water partition coefficient (Wildman–Crippen LogP) is 4.40. The minimum absolute atomic E-state index is 0.0697. The van der Waals surface area contributed by atoms with Crippen molar-refractivity contribution in [3.05, 3.63) is 71.8 Å². The van der Waals surface area contributed by atoms with E-state index in [9.17, 15) is 9.18 Å². The Hall–Kier alpha value is -2.67. The van der Waals surface area contributed by atoms with Crippen molar-refractivity contribution in [2.45, 2.75) is 48.0 Å². The second-order valence-electron chi connectivity index (χ2n) is 7.62. The predicted molar refractivity (Wildman–Crippen MR) is 109 cm³/mol. The van der Waals surface area contributed by atoms with Crippen molar-refractivity contribution in [1.29, 1.82) is 0 Å². The molecule has 2 aliphatic carbocycles. The molecule has 0 saturated heterocycles. The molecule has 2 fully saturated rings. The molecule has 1 unspecified atom stereocenters. The molecule has 1 N–H and O–H groups in total. The van der Waals surface area contributed by atoms with Crippen LogP contribution < -0.4 is 5.32 Å². The van der Waals surface area contributed by atoms with Gasteiger partial charge in [-0.1, -0.05) is 42.1 Å². The lowest BCUT2D eigenvalue weighted by atomic mass is 10.1. The van der Waals surface area contributed by atoms with Crippen molar-refractivity contribution in [1.82, 2.24) is 20.1 Å². The third-order valence-corrected chi connectivity index (χ3v) is 6.37. The van der Waals surface area contributed by atoms with Gasteiger partial charge in [0.1, 0.15) is 16.9 Å². The van der Waals surface area contributed by atoms with Crippen LogP contribution >= 0.6 is 11.8 Å². The molecule has 1 amide bonds. The zero-order valence-electron chi connectivity index (χ0n) is 15.8. The van der Waals surface area contributed by atoms with Gasteiger partial charge in [-0.05, 0) is 55.5 Å². The van der Waals surface area contributed by atoms with Crippen molar-refractivity contribution in [2.24, 2.45) is 0 Å². The number of aromatic nitrogens is 3. The van der Waals surface area contributed by atoms with Crippen LogP contribution in [0.25, 0.3) is 5.69 Å². The van der Waals surface area contributed by atoms with Crippen molar-refractivity contribution in [2.75, 3.05) is 0 Å². The summed E-state index contributed by atoms with van der Waals surface area (Å²) in [5, 5.41) is 12.1. The Kier molecular flexibility index (Phi) is 4.83. The number of halogens is 1. The topological polar surface area (TPSA) is 59.8 Å². The Morgan fingerprint density at radius 3 is 2.41 bits per heavy atom. The summed E-state index contributed by atoms with van der Waals surface area (Å²) in [5.74, 6) is 0.976. The van der Waals surface area contributed by atoms with Gasteiger partial charge in [-0.15, -0.1) is 10.2 Å². The lowest BCUT2D eigenvalue weighted by Gasteiger charge is -2.17. The third-order valence-electron chi connectivity index (χ3n) is 5.17. The van der Waals surface area contributed by atoms with Gasteiger partial charge in [-0.3, -0.25) is 9.36 Å². The van der Waals surface area contributed by atoms with E-state index in [2.05, 4.69) is 20.1 Å². The summed E-state index contributed by atoms with van der Waals surface area (Å²) in [6.07, 6.45) is 4.25. The second kappa shape index (κ2) is 7.63. The van der Waals surface area contributed by atoms with Crippen molar-refractivity contribution in [3.63, 3.8) is 0 Å². The van der Waals surface area contributed by atoms with Gasteiger partial charge < -0.3 is 5.32 Å². The molecule has 29 heavy (non-hydrogen) atoms. The number of thioether (sulfide) groups is 1. The van der Waals surface area contributed by atoms with E-state index < -0.39 is 5.25 Å². The Bertz CT molecular complexity index is 1010. The fourth-order valence-corrected chi connectivity index (χ4v) is 4.38. The number of para-hydroxylation sites is 1. The zero-order valence-corrected chi connectivity index (χ0v) is 16.6. The monoisotopic (exact) mass is 408 g/mol. The molecule has 0 bridgehead atoms. The summed E-state index contributed by atoms with van der Waals surface area (Å²) < 4.78 is 15.5. The molecule has 0 aliphatic heterocycles. The Morgan fingerprint density at radius 1 is 1.03 bits per heavy atom. The molecule has 5 nitrogen and oxygen atoms in total. The highest BCUT2D eigenvalue weighted by molar-refractivity contribution is 8.00. The zero-order chi connectivity index (χ0) is 19.8. The maximum Gasteiger partial charge on any atom is 0.238 e. The van der Waals surface area contributed by atoms with Crippen LogP contribution in [0.1, 0.15) is 48.2 Å². The molecule has 7 heteroatoms. The molecule has 2 aliphatic rings. The molecule has 1 aromatic heterocycles. The Morgan fingerprint density at radius 2 is 1.76 bits per heavy atom. The lowest BCUT2D eigenvalue weighted by molar-refractivity contribution is -0.120. The van der Waals surface area contributed by atoms with Crippen LogP contribution in [0.15, 0.2) is 59.8 Å². The number of carbonyl (C=O) groups is 1. The average molecular weight is 409 g/mol. The van der Waals surface area contributed by atoms with E-state index in [4.69, 9.17) is 0 Å². The van der Waals surface area contributed by atoms with Crippen molar-refractivity contribution < 1.29 is 9.18 Å². The quantitative estimate of drug-likeness (QED) is 0.589.